The number of hydrogen-bond donors (Lipinski definition) is 3. The molecule has 3 aromatic rings. The molecule has 170 valence electrons. The van der Waals surface area contributed by atoms with Gasteiger partial charge in [-0.05, 0) is 53.2 Å². The monoisotopic (exact) mass is 534 g/mol. The third-order valence-electron chi connectivity index (χ3n) is 4.81. The Morgan fingerprint density at radius 2 is 2.00 bits per heavy atom. The van der Waals surface area contributed by atoms with Gasteiger partial charge in [0, 0.05) is 18.4 Å². The summed E-state index contributed by atoms with van der Waals surface area (Å²) in [4.78, 5) is 32.5. The van der Waals surface area contributed by atoms with E-state index in [2.05, 4.69) is 36.5 Å². The van der Waals surface area contributed by atoms with E-state index in [1.807, 2.05) is 0 Å². The lowest BCUT2D eigenvalue weighted by molar-refractivity contribution is 0.0875. The molecule has 0 radical (unpaired) electrons. The average molecular weight is 535 g/mol. The van der Waals surface area contributed by atoms with Gasteiger partial charge >= 0.3 is 0 Å². The van der Waals surface area contributed by atoms with E-state index in [1.54, 1.807) is 6.92 Å². The Labute approximate surface area is 196 Å². The summed E-state index contributed by atoms with van der Waals surface area (Å²) in [6, 6.07) is 8.22. The van der Waals surface area contributed by atoms with Crippen molar-refractivity contribution in [1.82, 2.24) is 14.3 Å². The third kappa shape index (κ3) is 4.00. The summed E-state index contributed by atoms with van der Waals surface area (Å²) in [6.07, 6.45) is 1.42. The summed E-state index contributed by atoms with van der Waals surface area (Å²) in [5.41, 5.74) is 5.50. The van der Waals surface area contributed by atoms with Gasteiger partial charge in [-0.15, -0.1) is 0 Å². The molecule has 0 unspecified atom stereocenters. The Hall–Kier alpha value is -3.58. The topological polar surface area (TPSA) is 147 Å². The number of nitrogens with zero attached hydrogens (tertiary/aromatic N) is 3. The Bertz CT molecular complexity index is 1420. The van der Waals surface area contributed by atoms with Crippen LogP contribution in [0.2, 0.25) is 0 Å². The average Bonchev–Trinajstić information content (AvgIpc) is 2.94. The highest BCUT2D eigenvalue weighted by molar-refractivity contribution is 9.10. The summed E-state index contributed by atoms with van der Waals surface area (Å²) in [6.45, 7) is 1.60. The van der Waals surface area contributed by atoms with Gasteiger partial charge < -0.3 is 16.4 Å². The van der Waals surface area contributed by atoms with Crippen LogP contribution in [0, 0.1) is 5.82 Å². The molecule has 0 bridgehead atoms. The lowest BCUT2D eigenvalue weighted by Crippen LogP contribution is -2.29. The Morgan fingerprint density at radius 3 is 2.70 bits per heavy atom. The molecule has 1 aromatic heterocycles. The number of nitrogens with two attached hydrogens (primary N) is 1. The fourth-order valence-corrected chi connectivity index (χ4v) is 5.17. The zero-order chi connectivity index (χ0) is 23.9. The van der Waals surface area contributed by atoms with Gasteiger partial charge in [-0.2, -0.15) is 4.98 Å². The number of aromatic nitrogens is 2. The molecule has 33 heavy (non-hydrogen) atoms. The minimum Gasteiger partial charge on any atom is -0.365 e. The van der Waals surface area contributed by atoms with Crippen molar-refractivity contribution in [2.24, 2.45) is 5.73 Å². The number of fused-ring (bicyclic) bond motifs is 1. The summed E-state index contributed by atoms with van der Waals surface area (Å²) in [5.74, 6) is -2.04. The molecule has 2 aromatic carbocycles. The van der Waals surface area contributed by atoms with Gasteiger partial charge in [0.15, 0.2) is 0 Å². The van der Waals surface area contributed by atoms with Crippen molar-refractivity contribution in [3.05, 3.63) is 64.0 Å². The van der Waals surface area contributed by atoms with Crippen molar-refractivity contribution < 1.29 is 22.4 Å². The Morgan fingerprint density at radius 1 is 1.24 bits per heavy atom. The highest BCUT2D eigenvalue weighted by atomic mass is 79.9. The molecule has 0 atom stereocenters. The van der Waals surface area contributed by atoms with Gasteiger partial charge in [0.25, 0.3) is 21.8 Å². The number of nitrogens with one attached hydrogen (secondary N) is 2. The van der Waals surface area contributed by atoms with Crippen LogP contribution in [0.25, 0.3) is 0 Å². The molecule has 0 saturated carbocycles. The first kappa shape index (κ1) is 22.6. The molecule has 10 nitrogen and oxygen atoms in total. The second-order valence-corrected chi connectivity index (χ2v) is 9.54. The number of benzene rings is 2. The second-order valence-electron chi connectivity index (χ2n) is 6.85. The number of hydrogen-bond acceptors (Lipinski definition) is 8. The van der Waals surface area contributed by atoms with E-state index in [0.717, 1.165) is 10.4 Å². The summed E-state index contributed by atoms with van der Waals surface area (Å²) < 4.78 is 40.1. The SMILES string of the molecule is CCN1C(=O)c2cc(Nc3ncc(Br)c(Nc4cccc(F)c4C(N)=O)n3)ccc2S1(=O)=O. The smallest absolute Gasteiger partial charge is 0.269 e. The standard InChI is InChI=1S/C20H16BrFN6O4S/c1-2-28-19(30)11-8-10(6-7-15(11)33(28,31)32)25-20-24-9-12(21)18(27-20)26-14-5-3-4-13(22)16(14)17(23)29/h3-9H,2H2,1H3,(H2,23,29)(H2,24,25,26,27). The van der Waals surface area contributed by atoms with Crippen LogP contribution in [-0.4, -0.2) is 41.1 Å². The highest BCUT2D eigenvalue weighted by Crippen LogP contribution is 2.33. The largest absolute Gasteiger partial charge is 0.365 e. The van der Waals surface area contributed by atoms with Gasteiger partial charge in [0.2, 0.25) is 5.95 Å². The molecular formula is C20H16BrFN6O4S. The number of anilines is 4. The van der Waals surface area contributed by atoms with Crippen LogP contribution in [0.15, 0.2) is 52.0 Å². The lowest BCUT2D eigenvalue weighted by Gasteiger charge is -2.13. The van der Waals surface area contributed by atoms with Crippen molar-refractivity contribution in [2.45, 2.75) is 11.8 Å². The van der Waals surface area contributed by atoms with Gasteiger partial charge in [-0.1, -0.05) is 6.07 Å². The fraction of sp³-hybridized carbons (Fsp3) is 0.100. The summed E-state index contributed by atoms with van der Waals surface area (Å²) in [7, 11) is -3.86. The van der Waals surface area contributed by atoms with E-state index in [0.29, 0.717) is 10.2 Å². The van der Waals surface area contributed by atoms with Crippen LogP contribution in [-0.2, 0) is 10.0 Å². The molecule has 1 aliphatic heterocycles. The Kier molecular flexibility index (Phi) is 5.76. The number of halogens is 2. The Balaban J connectivity index is 1.65. The molecule has 0 fully saturated rings. The number of carbonyl (C=O) groups is 2. The van der Waals surface area contributed by atoms with Gasteiger partial charge in [-0.25, -0.2) is 22.1 Å². The van der Waals surface area contributed by atoms with Crippen LogP contribution in [0.3, 0.4) is 0 Å². The molecule has 0 saturated heterocycles. The van der Waals surface area contributed by atoms with Crippen molar-refractivity contribution in [1.29, 1.82) is 0 Å². The van der Waals surface area contributed by atoms with E-state index in [9.17, 15) is 22.4 Å². The van der Waals surface area contributed by atoms with Crippen LogP contribution in [0.5, 0.6) is 0 Å². The maximum absolute atomic E-state index is 14.0. The van der Waals surface area contributed by atoms with Gasteiger partial charge in [-0.3, -0.25) is 9.59 Å². The number of primary amides is 1. The molecular weight excluding hydrogens is 519 g/mol. The minimum absolute atomic E-state index is 0.0246. The van der Waals surface area contributed by atoms with Crippen LogP contribution in [0.4, 0.5) is 27.5 Å². The van der Waals surface area contributed by atoms with Crippen molar-refractivity contribution in [3.63, 3.8) is 0 Å². The van der Waals surface area contributed by atoms with Crippen molar-refractivity contribution >= 4 is 60.9 Å². The number of carbonyl (C=O) groups excluding carboxylic acids is 2. The predicted molar refractivity (Wildman–Crippen MR) is 122 cm³/mol. The van der Waals surface area contributed by atoms with Gasteiger partial charge in [0.1, 0.15) is 16.5 Å². The highest BCUT2D eigenvalue weighted by Gasteiger charge is 2.40. The zero-order valence-corrected chi connectivity index (χ0v) is 19.4. The van der Waals surface area contributed by atoms with Gasteiger partial charge in [0.05, 0.1) is 21.3 Å². The number of amides is 2. The molecule has 0 spiro atoms. The number of rotatable bonds is 6. The zero-order valence-electron chi connectivity index (χ0n) is 17.0. The number of sulfonamides is 1. The predicted octanol–water partition coefficient (Wildman–Crippen LogP) is 3.13. The van der Waals surface area contributed by atoms with E-state index < -0.39 is 27.7 Å². The van der Waals surface area contributed by atoms with E-state index >= 15 is 0 Å². The van der Waals surface area contributed by atoms with Crippen molar-refractivity contribution in [2.75, 3.05) is 17.2 Å². The molecule has 1 aliphatic rings. The first-order chi connectivity index (χ1) is 15.6. The van der Waals surface area contributed by atoms with E-state index in [1.165, 1.54) is 36.5 Å². The van der Waals surface area contributed by atoms with Crippen LogP contribution < -0.4 is 16.4 Å². The molecule has 13 heteroatoms. The first-order valence-electron chi connectivity index (χ1n) is 9.49. The molecule has 4 N–H and O–H groups in total. The quantitative estimate of drug-likeness (QED) is 0.436. The minimum atomic E-state index is -3.86. The summed E-state index contributed by atoms with van der Waals surface area (Å²) in [5, 5.41) is 5.75. The maximum Gasteiger partial charge on any atom is 0.269 e. The second kappa shape index (κ2) is 8.41. The fourth-order valence-electron chi connectivity index (χ4n) is 3.33. The molecule has 2 heterocycles. The molecule has 0 aliphatic carbocycles. The van der Waals surface area contributed by atoms with Crippen molar-refractivity contribution in [3.8, 4) is 0 Å². The lowest BCUT2D eigenvalue weighted by atomic mass is 10.1. The molecule has 2 amide bonds. The first-order valence-corrected chi connectivity index (χ1v) is 11.7. The van der Waals surface area contributed by atoms with Crippen LogP contribution in [0.1, 0.15) is 27.6 Å². The third-order valence-corrected chi connectivity index (χ3v) is 7.30. The van der Waals surface area contributed by atoms with E-state index in [-0.39, 0.29) is 40.0 Å². The summed E-state index contributed by atoms with van der Waals surface area (Å²) >= 11 is 3.29. The molecule has 4 rings (SSSR count). The normalized spacial score (nSPS) is 14.2. The maximum atomic E-state index is 14.0. The van der Waals surface area contributed by atoms with E-state index in [4.69, 9.17) is 5.73 Å². The van der Waals surface area contributed by atoms with Crippen LogP contribution >= 0.6 is 15.9 Å².